The molecule has 2 heterocycles. The molecule has 0 aliphatic rings. The van der Waals surface area contributed by atoms with Crippen LogP contribution in [0.15, 0.2) is 128 Å². The summed E-state index contributed by atoms with van der Waals surface area (Å²) in [4.78, 5) is 0. The number of hydrogen-bond donors (Lipinski definition) is 0. The summed E-state index contributed by atoms with van der Waals surface area (Å²) in [6, 6.07) is 31.0. The molecule has 0 saturated heterocycles. The molecule has 7 nitrogen and oxygen atoms in total. The third-order valence-electron chi connectivity index (χ3n) is 9.94. The molecular formula is C46H67BN4O3. The predicted octanol–water partition coefficient (Wildman–Crippen LogP) is 7.87. The fourth-order valence-corrected chi connectivity index (χ4v) is 7.04. The van der Waals surface area contributed by atoms with Crippen LogP contribution in [-0.4, -0.2) is 23.1 Å². The number of imidazole rings is 2. The van der Waals surface area contributed by atoms with E-state index in [1.54, 1.807) is 0 Å². The number of aromatic nitrogens is 4. The van der Waals surface area contributed by atoms with Crippen LogP contribution >= 0.6 is 0 Å². The number of rotatable bonds is 22. The van der Waals surface area contributed by atoms with Crippen LogP contribution in [0.25, 0.3) is 0 Å². The second-order valence-electron chi connectivity index (χ2n) is 14.4. The molecule has 0 amide bonds. The maximum absolute atomic E-state index is 10.7. The maximum Gasteiger partial charge on any atom is 0.243 e. The summed E-state index contributed by atoms with van der Waals surface area (Å²) in [6.07, 6.45) is 30.6. The molecule has 0 radical (unpaired) electrons. The van der Waals surface area contributed by atoms with Crippen molar-refractivity contribution >= 4 is 7.32 Å². The Morgan fingerprint density at radius 1 is 0.537 bits per heavy atom. The van der Waals surface area contributed by atoms with Gasteiger partial charge in [-0.3, -0.25) is 0 Å². The average Bonchev–Trinajstić information content (AvgIpc) is 3.82. The fraction of sp³-hybridized carbons (Fsp3) is 0.478. The van der Waals surface area contributed by atoms with Gasteiger partial charge in [-0.1, -0.05) is 156 Å². The number of aryl methyl sites for hydroxylation is 4. The minimum absolute atomic E-state index is 0.159. The standard InChI is InChI=1S/C22H21BO3.2C12H23N2/c24-23(25)26-18-10-17-22(19-11-4-1-5-12-19,20-13-6-2-7-14-20)21-15-8-3-9-16-21;2*1-3-4-5-6-7-8-9-14-11-10-13(2)12-14/h1-9,11-16H,10,17-18H2;2*10-12H,3-9H2,1-2H3/q-2;2*+1. The first-order valence-electron chi connectivity index (χ1n) is 20.5. The molecule has 0 bridgehead atoms. The first kappa shape index (κ1) is 44.4. The first-order chi connectivity index (χ1) is 26.4. The van der Waals surface area contributed by atoms with Crippen LogP contribution in [0.1, 0.15) is 120 Å². The number of unbranched alkanes of at least 4 members (excludes halogenated alkanes) is 10. The minimum Gasteiger partial charge on any atom is -0.871 e. The third-order valence-corrected chi connectivity index (χ3v) is 9.94. The molecule has 0 saturated carbocycles. The van der Waals surface area contributed by atoms with E-state index in [1.807, 2.05) is 54.6 Å². The Morgan fingerprint density at radius 3 is 1.24 bits per heavy atom. The van der Waals surface area contributed by atoms with Crippen molar-refractivity contribution in [2.24, 2.45) is 14.1 Å². The molecule has 5 aromatic rings. The van der Waals surface area contributed by atoms with Gasteiger partial charge in [0.25, 0.3) is 0 Å². The van der Waals surface area contributed by atoms with E-state index >= 15 is 0 Å². The van der Waals surface area contributed by atoms with Gasteiger partial charge in [0.05, 0.1) is 34.5 Å². The highest BCUT2D eigenvalue weighted by Gasteiger charge is 2.35. The van der Waals surface area contributed by atoms with Gasteiger partial charge in [0.1, 0.15) is 24.8 Å². The molecule has 0 unspecified atom stereocenters. The van der Waals surface area contributed by atoms with E-state index in [2.05, 4.69) is 120 Å². The summed E-state index contributed by atoms with van der Waals surface area (Å²) in [5.41, 5.74) is 3.17. The molecule has 0 aliphatic heterocycles. The predicted molar refractivity (Wildman–Crippen MR) is 218 cm³/mol. The Labute approximate surface area is 327 Å². The summed E-state index contributed by atoms with van der Waals surface area (Å²) < 4.78 is 13.4. The van der Waals surface area contributed by atoms with E-state index in [-0.39, 0.29) is 12.0 Å². The van der Waals surface area contributed by atoms with E-state index in [1.165, 1.54) is 107 Å². The Kier molecular flexibility index (Phi) is 22.0. The highest BCUT2D eigenvalue weighted by atomic mass is 16.6. The normalized spacial score (nSPS) is 11.0. The lowest BCUT2D eigenvalue weighted by Crippen LogP contribution is -2.48. The molecule has 0 atom stereocenters. The topological polar surface area (TPSA) is 73.0 Å². The molecule has 0 spiro atoms. The summed E-state index contributed by atoms with van der Waals surface area (Å²) in [5.74, 6) is 0. The zero-order valence-electron chi connectivity index (χ0n) is 33.7. The van der Waals surface area contributed by atoms with Gasteiger partial charge in [-0.25, -0.2) is 18.3 Å². The first-order valence-corrected chi connectivity index (χ1v) is 20.5. The lowest BCUT2D eigenvalue weighted by Gasteiger charge is -2.37. The van der Waals surface area contributed by atoms with Crippen LogP contribution < -0.4 is 19.2 Å². The number of hydrogen-bond acceptors (Lipinski definition) is 3. The van der Waals surface area contributed by atoms with Crippen LogP contribution in [0.3, 0.4) is 0 Å². The summed E-state index contributed by atoms with van der Waals surface area (Å²) >= 11 is 0. The highest BCUT2D eigenvalue weighted by Crippen LogP contribution is 2.43. The molecule has 54 heavy (non-hydrogen) atoms. The Bertz CT molecular complexity index is 1460. The van der Waals surface area contributed by atoms with Gasteiger partial charge in [0, 0.05) is 12.0 Å². The smallest absolute Gasteiger partial charge is 0.243 e. The van der Waals surface area contributed by atoms with Gasteiger partial charge >= 0.3 is 0 Å². The monoisotopic (exact) mass is 735 g/mol. The van der Waals surface area contributed by atoms with Crippen molar-refractivity contribution < 1.29 is 23.8 Å². The molecule has 0 aliphatic carbocycles. The highest BCUT2D eigenvalue weighted by molar-refractivity contribution is 6.28. The van der Waals surface area contributed by atoms with Crippen molar-refractivity contribution in [1.82, 2.24) is 9.13 Å². The van der Waals surface area contributed by atoms with Crippen molar-refractivity contribution in [2.75, 3.05) is 6.61 Å². The van der Waals surface area contributed by atoms with Gasteiger partial charge in [-0.05, 0) is 55.2 Å². The van der Waals surface area contributed by atoms with Crippen molar-refractivity contribution in [3.63, 3.8) is 0 Å². The lowest BCUT2D eigenvalue weighted by atomic mass is 9.67. The number of nitrogens with zero attached hydrogens (tertiary/aromatic N) is 4. The third kappa shape index (κ3) is 16.6. The summed E-state index contributed by atoms with van der Waals surface area (Å²) in [5, 5.41) is 21.4. The van der Waals surface area contributed by atoms with E-state index in [4.69, 9.17) is 4.65 Å². The van der Waals surface area contributed by atoms with Crippen LogP contribution in [-0.2, 0) is 37.3 Å². The zero-order chi connectivity index (χ0) is 38.7. The molecule has 5 rings (SSSR count). The molecule has 0 fully saturated rings. The fourth-order valence-electron chi connectivity index (χ4n) is 7.04. The largest absolute Gasteiger partial charge is 0.871 e. The summed E-state index contributed by atoms with van der Waals surface area (Å²) in [7, 11) is 1.91. The lowest BCUT2D eigenvalue weighted by molar-refractivity contribution is -0.671. The summed E-state index contributed by atoms with van der Waals surface area (Å²) in [6.45, 7) is 7.03. The number of benzene rings is 3. The van der Waals surface area contributed by atoms with Crippen molar-refractivity contribution in [3.8, 4) is 0 Å². The Morgan fingerprint density at radius 2 is 0.907 bits per heavy atom. The van der Waals surface area contributed by atoms with Crippen molar-refractivity contribution in [3.05, 3.63) is 145 Å². The van der Waals surface area contributed by atoms with Crippen molar-refractivity contribution in [2.45, 2.75) is 122 Å². The quantitative estimate of drug-likeness (QED) is 0.0315. The Hall–Kier alpha value is -3.98. The minimum atomic E-state index is -2.23. The molecule has 8 heteroatoms. The van der Waals surface area contributed by atoms with E-state index in [9.17, 15) is 10.0 Å². The molecule has 292 valence electrons. The SMILES string of the molecule is CCCCCCCCn1cc[n+](C)c1.CCCCCCCCn1cc[n+](C)c1.[O-]B([O-])OCCCC(c1ccccc1)(c1ccccc1)c1ccccc1. The zero-order valence-corrected chi connectivity index (χ0v) is 33.7. The second-order valence-corrected chi connectivity index (χ2v) is 14.4. The van der Waals surface area contributed by atoms with Gasteiger partial charge in [0.2, 0.25) is 12.7 Å². The van der Waals surface area contributed by atoms with E-state index in [0.717, 1.165) is 6.42 Å². The maximum atomic E-state index is 10.7. The van der Waals surface area contributed by atoms with Gasteiger partial charge in [-0.15, -0.1) is 0 Å². The van der Waals surface area contributed by atoms with Crippen LogP contribution in [0.2, 0.25) is 0 Å². The second kappa shape index (κ2) is 26.7. The van der Waals surface area contributed by atoms with Crippen molar-refractivity contribution in [1.29, 1.82) is 0 Å². The van der Waals surface area contributed by atoms with Crippen LogP contribution in [0.4, 0.5) is 0 Å². The Balaban J connectivity index is 0.000000238. The average molecular weight is 735 g/mol. The molecular weight excluding hydrogens is 667 g/mol. The van der Waals surface area contributed by atoms with E-state index in [0.29, 0.717) is 6.42 Å². The van der Waals surface area contributed by atoms with Crippen LogP contribution in [0.5, 0.6) is 0 Å². The molecule has 2 aromatic heterocycles. The van der Waals surface area contributed by atoms with Gasteiger partial charge in [-0.2, -0.15) is 0 Å². The molecule has 3 aromatic carbocycles. The van der Waals surface area contributed by atoms with Gasteiger partial charge in [0.15, 0.2) is 0 Å². The van der Waals surface area contributed by atoms with Gasteiger partial charge < -0.3 is 14.7 Å². The van der Waals surface area contributed by atoms with E-state index < -0.39 is 7.32 Å². The van der Waals surface area contributed by atoms with Crippen LogP contribution in [0, 0.1) is 0 Å². The molecule has 0 N–H and O–H groups in total.